The van der Waals surface area contributed by atoms with Gasteiger partial charge in [0, 0.05) is 29.6 Å². The molecule has 2 aliphatic rings. The quantitative estimate of drug-likeness (QED) is 0.369. The maximum Gasteiger partial charge on any atom is 0.141 e. The molecule has 8 nitrogen and oxygen atoms in total. The number of aliphatic hydroxyl groups excluding tert-OH is 2. The highest BCUT2D eigenvalue weighted by Gasteiger charge is 2.27. The molecule has 0 fully saturated rings. The minimum absolute atomic E-state index is 0.132. The van der Waals surface area contributed by atoms with E-state index in [1.807, 2.05) is 43.5 Å². The van der Waals surface area contributed by atoms with E-state index in [0.29, 0.717) is 25.3 Å². The Bertz CT molecular complexity index is 1200. The van der Waals surface area contributed by atoms with Crippen LogP contribution in [0.25, 0.3) is 22.5 Å². The average Bonchev–Trinajstić information content (AvgIpc) is 3.20. The van der Waals surface area contributed by atoms with Gasteiger partial charge in [-0.3, -0.25) is 9.99 Å². The second kappa shape index (κ2) is 9.07. The molecular formula is C24H26N6O2. The predicted octanol–water partition coefficient (Wildman–Crippen LogP) is 3.15. The number of hydrogen-bond acceptors (Lipinski definition) is 6. The summed E-state index contributed by atoms with van der Waals surface area (Å²) in [6.07, 6.45) is 11.3. The molecule has 0 amide bonds. The van der Waals surface area contributed by atoms with E-state index in [9.17, 15) is 10.2 Å². The minimum Gasteiger partial charge on any atom is -0.510 e. The van der Waals surface area contributed by atoms with Crippen LogP contribution < -0.4 is 5.73 Å². The molecule has 0 bridgehead atoms. The number of pyridine rings is 1. The third-order valence-corrected chi connectivity index (χ3v) is 5.38. The monoisotopic (exact) mass is 430 g/mol. The molecule has 2 aromatic heterocycles. The van der Waals surface area contributed by atoms with Crippen LogP contribution in [0.1, 0.15) is 23.6 Å². The molecule has 0 radical (unpaired) electrons. The Kier molecular flexibility index (Phi) is 6.04. The summed E-state index contributed by atoms with van der Waals surface area (Å²) in [7, 11) is 0. The van der Waals surface area contributed by atoms with Gasteiger partial charge in [0.05, 0.1) is 17.9 Å². The van der Waals surface area contributed by atoms with Crippen molar-refractivity contribution in [2.45, 2.75) is 19.9 Å². The number of allylic oxidation sites excluding steroid dienone is 6. The fourth-order valence-electron chi connectivity index (χ4n) is 3.96. The van der Waals surface area contributed by atoms with Crippen molar-refractivity contribution in [2.75, 3.05) is 13.2 Å². The first-order chi connectivity index (χ1) is 15.5. The molecule has 2 aliphatic heterocycles. The van der Waals surface area contributed by atoms with Crippen LogP contribution in [-0.2, 0) is 6.54 Å². The van der Waals surface area contributed by atoms with Crippen LogP contribution in [0.3, 0.4) is 0 Å². The Hall–Kier alpha value is -3.91. The molecule has 0 atom stereocenters. The normalized spacial score (nSPS) is 16.5. The van der Waals surface area contributed by atoms with Crippen molar-refractivity contribution in [3.63, 3.8) is 0 Å². The highest BCUT2D eigenvalue weighted by atomic mass is 16.3. The molecule has 164 valence electrons. The molecule has 8 heteroatoms. The number of fused-ring (bicyclic) bond motifs is 1. The summed E-state index contributed by atoms with van der Waals surface area (Å²) < 4.78 is 2.12. The first-order valence-electron chi connectivity index (χ1n) is 10.4. The first kappa shape index (κ1) is 21.3. The second-order valence-electron chi connectivity index (χ2n) is 7.51. The van der Waals surface area contributed by atoms with Gasteiger partial charge in [-0.05, 0) is 37.1 Å². The number of aromatic nitrogens is 3. The summed E-state index contributed by atoms with van der Waals surface area (Å²) in [5.74, 6) is 0.557. The van der Waals surface area contributed by atoms with Crippen LogP contribution in [0.5, 0.6) is 0 Å². The summed E-state index contributed by atoms with van der Waals surface area (Å²) in [6, 6.07) is 5.84. The van der Waals surface area contributed by atoms with E-state index in [0.717, 1.165) is 39.5 Å². The molecule has 0 aliphatic carbocycles. The molecule has 0 unspecified atom stereocenters. The number of nitrogens with two attached hydrogens (primary N) is 1. The van der Waals surface area contributed by atoms with Gasteiger partial charge in [-0.25, -0.2) is 4.98 Å². The van der Waals surface area contributed by atoms with Crippen molar-refractivity contribution in [2.24, 2.45) is 10.8 Å². The molecular weight excluding hydrogens is 404 g/mol. The van der Waals surface area contributed by atoms with E-state index in [1.54, 1.807) is 17.2 Å². The molecule has 0 spiro atoms. The van der Waals surface area contributed by atoms with Gasteiger partial charge in [0.2, 0.25) is 0 Å². The van der Waals surface area contributed by atoms with Gasteiger partial charge in [0.1, 0.15) is 30.2 Å². The van der Waals surface area contributed by atoms with E-state index in [-0.39, 0.29) is 5.76 Å². The smallest absolute Gasteiger partial charge is 0.141 e. The van der Waals surface area contributed by atoms with Crippen molar-refractivity contribution < 1.29 is 10.2 Å². The third-order valence-electron chi connectivity index (χ3n) is 5.38. The first-order valence-corrected chi connectivity index (χ1v) is 10.4. The Morgan fingerprint density at radius 2 is 2.19 bits per heavy atom. The van der Waals surface area contributed by atoms with Gasteiger partial charge < -0.3 is 20.5 Å². The number of imidazole rings is 1. The van der Waals surface area contributed by atoms with Crippen LogP contribution in [0, 0.1) is 6.92 Å². The number of nitrogens with zero attached hydrogens (tertiary/aromatic N) is 5. The molecule has 0 aromatic carbocycles. The maximum absolute atomic E-state index is 10.1. The van der Waals surface area contributed by atoms with Gasteiger partial charge >= 0.3 is 0 Å². The Morgan fingerprint density at radius 1 is 1.34 bits per heavy atom. The Morgan fingerprint density at radius 3 is 2.91 bits per heavy atom. The number of aryl methyl sites for hydroxylation is 1. The standard InChI is InChI=1S/C24H26N6O2/c1-3-17-9-11-30-23(18-7-5-10-29(13-18)26-15-25)22(21-8-4-6-16(2)27-21)28-24(30)20(17)12-19(32)14-31/h3-8,12-13,15,31-32H,1,9-11,14H2,2H3,(H2,25,26)/b19-12+. The number of hydrazone groups is 1. The maximum atomic E-state index is 10.1. The molecule has 0 saturated carbocycles. The fraction of sp³-hybridized carbons (Fsp3) is 0.208. The molecule has 0 saturated heterocycles. The summed E-state index contributed by atoms with van der Waals surface area (Å²) in [6.45, 7) is 6.72. The highest BCUT2D eigenvalue weighted by Crippen LogP contribution is 2.38. The number of hydrogen-bond donors (Lipinski definition) is 3. The predicted molar refractivity (Wildman–Crippen MR) is 126 cm³/mol. The van der Waals surface area contributed by atoms with Crippen LogP contribution in [0.2, 0.25) is 0 Å². The van der Waals surface area contributed by atoms with Crippen molar-refractivity contribution in [3.05, 3.63) is 83.8 Å². The van der Waals surface area contributed by atoms with Gasteiger partial charge in [-0.15, -0.1) is 0 Å². The van der Waals surface area contributed by atoms with Crippen LogP contribution in [-0.4, -0.2) is 49.2 Å². The molecule has 4 N–H and O–H groups in total. The SMILES string of the molecule is C=CC1=C(/C=C(/O)CO)c2nc(-c3cccc(C)n3)c(C3=CN(/N=C\N)CC=C3)n2CC1. The molecule has 2 aromatic rings. The van der Waals surface area contributed by atoms with Gasteiger partial charge in [-0.1, -0.05) is 30.9 Å². The van der Waals surface area contributed by atoms with Crippen molar-refractivity contribution in [1.29, 1.82) is 0 Å². The lowest BCUT2D eigenvalue weighted by Crippen LogP contribution is -2.17. The van der Waals surface area contributed by atoms with E-state index < -0.39 is 6.61 Å². The molecule has 4 rings (SSSR count). The lowest BCUT2D eigenvalue weighted by atomic mass is 9.99. The third kappa shape index (κ3) is 4.00. The summed E-state index contributed by atoms with van der Waals surface area (Å²) >= 11 is 0. The van der Waals surface area contributed by atoms with Gasteiger partial charge in [-0.2, -0.15) is 5.10 Å². The summed E-state index contributed by atoms with van der Waals surface area (Å²) in [4.78, 5) is 9.68. The minimum atomic E-state index is -0.451. The van der Waals surface area contributed by atoms with Crippen LogP contribution in [0.15, 0.2) is 71.7 Å². The zero-order valence-electron chi connectivity index (χ0n) is 17.9. The van der Waals surface area contributed by atoms with E-state index in [4.69, 9.17) is 15.7 Å². The highest BCUT2D eigenvalue weighted by molar-refractivity contribution is 5.86. The van der Waals surface area contributed by atoms with Crippen molar-refractivity contribution in [3.8, 4) is 11.4 Å². The zero-order chi connectivity index (χ0) is 22.7. The number of aliphatic hydroxyl groups is 2. The Labute approximate surface area is 186 Å². The zero-order valence-corrected chi connectivity index (χ0v) is 17.9. The topological polar surface area (TPSA) is 113 Å². The van der Waals surface area contributed by atoms with Gasteiger partial charge in [0.15, 0.2) is 0 Å². The Balaban J connectivity index is 1.98. The largest absolute Gasteiger partial charge is 0.510 e. The lowest BCUT2D eigenvalue weighted by molar-refractivity contribution is 0.253. The summed E-state index contributed by atoms with van der Waals surface area (Å²) in [5, 5.41) is 25.4. The van der Waals surface area contributed by atoms with E-state index >= 15 is 0 Å². The second-order valence-corrected chi connectivity index (χ2v) is 7.51. The number of rotatable bonds is 6. The molecule has 32 heavy (non-hydrogen) atoms. The van der Waals surface area contributed by atoms with Gasteiger partial charge in [0.25, 0.3) is 0 Å². The van der Waals surface area contributed by atoms with Crippen molar-refractivity contribution >= 4 is 17.5 Å². The van der Waals surface area contributed by atoms with Crippen LogP contribution in [0.4, 0.5) is 0 Å². The summed E-state index contributed by atoms with van der Waals surface area (Å²) in [5.41, 5.74) is 11.4. The lowest BCUT2D eigenvalue weighted by Gasteiger charge is -2.23. The van der Waals surface area contributed by atoms with Crippen molar-refractivity contribution in [1.82, 2.24) is 19.5 Å². The molecule has 4 heterocycles. The van der Waals surface area contributed by atoms with Crippen LogP contribution >= 0.6 is 0 Å². The average molecular weight is 431 g/mol. The van der Waals surface area contributed by atoms with E-state index in [1.165, 1.54) is 6.34 Å². The fourth-order valence-corrected chi connectivity index (χ4v) is 3.96. The van der Waals surface area contributed by atoms with E-state index in [2.05, 4.69) is 16.2 Å².